The third-order valence-corrected chi connectivity index (χ3v) is 1.81. The molecule has 0 aliphatic rings. The zero-order valence-corrected chi connectivity index (χ0v) is 8.38. The van der Waals surface area contributed by atoms with Crippen LogP contribution in [0, 0.1) is 11.8 Å². The van der Waals surface area contributed by atoms with E-state index in [9.17, 15) is 0 Å². The van der Waals surface area contributed by atoms with Crippen LogP contribution in [0.15, 0.2) is 12.3 Å². The number of hydrogen-bond acceptors (Lipinski definition) is 3. The maximum Gasteiger partial charge on any atom is 0.128 e. The number of nitrogens with zero attached hydrogens (tertiary/aromatic N) is 1. The molecule has 14 heavy (non-hydrogen) atoms. The number of anilines is 1. The lowest BCUT2D eigenvalue weighted by Crippen LogP contribution is -1.98. The molecule has 4 heteroatoms. The molecule has 74 valence electrons. The van der Waals surface area contributed by atoms with Crippen molar-refractivity contribution < 1.29 is 5.11 Å². The summed E-state index contributed by atoms with van der Waals surface area (Å²) in [5, 5.41) is 8.93. The number of rotatable bonds is 2. The van der Waals surface area contributed by atoms with Gasteiger partial charge >= 0.3 is 0 Å². The van der Waals surface area contributed by atoms with Gasteiger partial charge in [-0.2, -0.15) is 0 Å². The quantitative estimate of drug-likeness (QED) is 0.569. The minimum atomic E-state index is -0.121. The molecule has 0 bridgehead atoms. The van der Waals surface area contributed by atoms with Gasteiger partial charge in [0, 0.05) is 29.6 Å². The SMILES string of the molecule is Nc1ncc(C#CCCCl)cc1CO. The Hall–Kier alpha value is -1.24. The van der Waals surface area contributed by atoms with Crippen molar-refractivity contribution in [3.8, 4) is 11.8 Å². The monoisotopic (exact) mass is 210 g/mol. The predicted molar refractivity (Wildman–Crippen MR) is 56.8 cm³/mol. The first-order chi connectivity index (χ1) is 6.77. The molecule has 1 aromatic heterocycles. The van der Waals surface area contributed by atoms with E-state index in [0.717, 1.165) is 5.56 Å². The Labute approximate surface area is 87.9 Å². The topological polar surface area (TPSA) is 59.1 Å². The van der Waals surface area contributed by atoms with Gasteiger partial charge in [-0.3, -0.25) is 0 Å². The van der Waals surface area contributed by atoms with Crippen LogP contribution in [0.4, 0.5) is 5.82 Å². The smallest absolute Gasteiger partial charge is 0.128 e. The largest absolute Gasteiger partial charge is 0.392 e. The number of halogens is 1. The minimum absolute atomic E-state index is 0.121. The van der Waals surface area contributed by atoms with Gasteiger partial charge in [0.05, 0.1) is 6.61 Å². The molecule has 3 nitrogen and oxygen atoms in total. The van der Waals surface area contributed by atoms with Crippen LogP contribution in [0.5, 0.6) is 0 Å². The number of nitrogens with two attached hydrogens (primary N) is 1. The minimum Gasteiger partial charge on any atom is -0.392 e. The lowest BCUT2D eigenvalue weighted by molar-refractivity contribution is 0.282. The molecule has 0 radical (unpaired) electrons. The summed E-state index contributed by atoms with van der Waals surface area (Å²) in [6.07, 6.45) is 2.22. The summed E-state index contributed by atoms with van der Waals surface area (Å²) in [4.78, 5) is 3.91. The van der Waals surface area contributed by atoms with Crippen molar-refractivity contribution in [1.29, 1.82) is 0 Å². The summed E-state index contributed by atoms with van der Waals surface area (Å²) in [7, 11) is 0. The highest BCUT2D eigenvalue weighted by atomic mass is 35.5. The number of nitrogen functional groups attached to an aromatic ring is 1. The lowest BCUT2D eigenvalue weighted by Gasteiger charge is -2.00. The van der Waals surface area contributed by atoms with Crippen molar-refractivity contribution in [2.75, 3.05) is 11.6 Å². The van der Waals surface area contributed by atoms with Crippen molar-refractivity contribution in [2.24, 2.45) is 0 Å². The molecule has 0 amide bonds. The molecule has 0 spiro atoms. The Morgan fingerprint density at radius 1 is 1.57 bits per heavy atom. The molecule has 1 rings (SSSR count). The van der Waals surface area contributed by atoms with Gasteiger partial charge in [-0.15, -0.1) is 11.6 Å². The van der Waals surface area contributed by atoms with Crippen LogP contribution in [-0.4, -0.2) is 16.0 Å². The molecular formula is C10H11ClN2O. The molecule has 0 unspecified atom stereocenters. The number of alkyl halides is 1. The molecule has 0 saturated carbocycles. The van der Waals surface area contributed by atoms with Crippen molar-refractivity contribution in [3.63, 3.8) is 0 Å². The molecular weight excluding hydrogens is 200 g/mol. The van der Waals surface area contributed by atoms with E-state index in [1.54, 1.807) is 12.3 Å². The molecule has 0 aliphatic carbocycles. The number of pyridine rings is 1. The van der Waals surface area contributed by atoms with Crippen LogP contribution >= 0.6 is 11.6 Å². The molecule has 0 fully saturated rings. The Morgan fingerprint density at radius 3 is 3.00 bits per heavy atom. The number of hydrogen-bond donors (Lipinski definition) is 2. The molecule has 3 N–H and O–H groups in total. The van der Waals surface area contributed by atoms with Crippen LogP contribution in [-0.2, 0) is 6.61 Å². The summed E-state index contributed by atoms with van der Waals surface area (Å²) in [5.74, 6) is 6.62. The molecule has 0 aromatic carbocycles. The van der Waals surface area contributed by atoms with Gasteiger partial charge in [-0.1, -0.05) is 11.8 Å². The fourth-order valence-corrected chi connectivity index (χ4v) is 1.02. The molecule has 0 saturated heterocycles. The van der Waals surface area contributed by atoms with Gasteiger partial charge < -0.3 is 10.8 Å². The highest BCUT2D eigenvalue weighted by Gasteiger charge is 1.98. The number of aromatic nitrogens is 1. The van der Waals surface area contributed by atoms with Crippen molar-refractivity contribution in [3.05, 3.63) is 23.4 Å². The van der Waals surface area contributed by atoms with Crippen LogP contribution in [0.2, 0.25) is 0 Å². The number of aliphatic hydroxyl groups is 1. The van der Waals surface area contributed by atoms with E-state index in [-0.39, 0.29) is 6.61 Å². The summed E-state index contributed by atoms with van der Waals surface area (Å²) in [6.45, 7) is -0.121. The van der Waals surface area contributed by atoms with E-state index in [1.165, 1.54) is 0 Å². The van der Waals surface area contributed by atoms with Gasteiger partial charge in [0.1, 0.15) is 5.82 Å². The Kier molecular flexibility index (Phi) is 4.24. The average Bonchev–Trinajstić information content (AvgIpc) is 2.21. The number of aliphatic hydroxyl groups excluding tert-OH is 1. The summed E-state index contributed by atoms with van der Waals surface area (Å²) >= 11 is 5.47. The van der Waals surface area contributed by atoms with Crippen LogP contribution in [0.3, 0.4) is 0 Å². The van der Waals surface area contributed by atoms with E-state index >= 15 is 0 Å². The Bertz CT molecular complexity index is 368. The fraction of sp³-hybridized carbons (Fsp3) is 0.300. The highest BCUT2D eigenvalue weighted by Crippen LogP contribution is 2.09. The average molecular weight is 211 g/mol. The Morgan fingerprint density at radius 2 is 2.36 bits per heavy atom. The van der Waals surface area contributed by atoms with Gasteiger partial charge in [-0.25, -0.2) is 4.98 Å². The third-order valence-electron chi connectivity index (χ3n) is 1.62. The highest BCUT2D eigenvalue weighted by molar-refractivity contribution is 6.18. The van der Waals surface area contributed by atoms with Crippen molar-refractivity contribution in [2.45, 2.75) is 13.0 Å². The predicted octanol–water partition coefficient (Wildman–Crippen LogP) is 1.14. The van der Waals surface area contributed by atoms with E-state index in [2.05, 4.69) is 16.8 Å². The lowest BCUT2D eigenvalue weighted by atomic mass is 10.2. The van der Waals surface area contributed by atoms with Gasteiger partial charge in [0.15, 0.2) is 0 Å². The van der Waals surface area contributed by atoms with Gasteiger partial charge in [0.2, 0.25) is 0 Å². The fourth-order valence-electron chi connectivity index (χ4n) is 0.928. The van der Waals surface area contributed by atoms with Crippen LogP contribution in [0.25, 0.3) is 0 Å². The van der Waals surface area contributed by atoms with Crippen molar-refractivity contribution >= 4 is 17.4 Å². The molecule has 0 aliphatic heterocycles. The Balaban J connectivity index is 2.86. The second kappa shape index (κ2) is 5.48. The van der Waals surface area contributed by atoms with Gasteiger partial charge in [0.25, 0.3) is 0 Å². The standard InChI is InChI=1S/C10H11ClN2O/c11-4-2-1-3-8-5-9(7-14)10(12)13-6-8/h5-6,14H,2,4,7H2,(H2,12,13). The van der Waals surface area contributed by atoms with E-state index in [1.807, 2.05) is 0 Å². The maximum absolute atomic E-state index is 8.93. The zero-order chi connectivity index (χ0) is 10.4. The molecule has 1 aromatic rings. The summed E-state index contributed by atoms with van der Waals surface area (Å²) in [6, 6.07) is 1.73. The van der Waals surface area contributed by atoms with Gasteiger partial charge in [-0.05, 0) is 6.07 Å². The first kappa shape index (κ1) is 10.8. The summed E-state index contributed by atoms with van der Waals surface area (Å²) < 4.78 is 0. The molecule has 0 atom stereocenters. The normalized spacial score (nSPS) is 9.29. The second-order valence-corrected chi connectivity index (χ2v) is 3.05. The molecule has 1 heterocycles. The van der Waals surface area contributed by atoms with Crippen LogP contribution in [0.1, 0.15) is 17.5 Å². The van der Waals surface area contributed by atoms with Crippen LogP contribution < -0.4 is 5.73 Å². The first-order valence-corrected chi connectivity index (χ1v) is 4.71. The van der Waals surface area contributed by atoms with E-state index in [4.69, 9.17) is 22.4 Å². The van der Waals surface area contributed by atoms with Crippen molar-refractivity contribution in [1.82, 2.24) is 4.98 Å². The first-order valence-electron chi connectivity index (χ1n) is 4.18. The van der Waals surface area contributed by atoms with E-state index in [0.29, 0.717) is 23.7 Å². The second-order valence-electron chi connectivity index (χ2n) is 2.67. The zero-order valence-electron chi connectivity index (χ0n) is 7.63. The summed E-state index contributed by atoms with van der Waals surface area (Å²) in [5.41, 5.74) is 6.86. The van der Waals surface area contributed by atoms with E-state index < -0.39 is 0 Å². The maximum atomic E-state index is 8.93. The third kappa shape index (κ3) is 2.91.